The van der Waals surface area contributed by atoms with Gasteiger partial charge in [-0.05, 0) is 42.8 Å². The van der Waals surface area contributed by atoms with Crippen LogP contribution in [0.4, 0.5) is 11.4 Å². The van der Waals surface area contributed by atoms with Gasteiger partial charge in [0.2, 0.25) is 0 Å². The van der Waals surface area contributed by atoms with Crippen LogP contribution < -0.4 is 16.0 Å². The van der Waals surface area contributed by atoms with Gasteiger partial charge in [0.25, 0.3) is 5.91 Å². The van der Waals surface area contributed by atoms with E-state index in [0.717, 1.165) is 16.9 Å². The van der Waals surface area contributed by atoms with Crippen LogP contribution in [0.2, 0.25) is 0 Å². The van der Waals surface area contributed by atoms with Gasteiger partial charge in [-0.1, -0.05) is 18.2 Å². The average Bonchev–Trinajstić information content (AvgIpc) is 2.48. The molecule has 110 valence electrons. The predicted octanol–water partition coefficient (Wildman–Crippen LogP) is 2.83. The van der Waals surface area contributed by atoms with Gasteiger partial charge in [0.1, 0.15) is 0 Å². The summed E-state index contributed by atoms with van der Waals surface area (Å²) in [6.45, 7) is 1.96. The van der Waals surface area contributed by atoms with Crippen molar-refractivity contribution in [3.63, 3.8) is 0 Å². The maximum absolute atomic E-state index is 12.3. The van der Waals surface area contributed by atoms with Gasteiger partial charge in [0.05, 0.1) is 6.04 Å². The van der Waals surface area contributed by atoms with Gasteiger partial charge >= 0.3 is 0 Å². The van der Waals surface area contributed by atoms with E-state index in [9.17, 15) is 4.79 Å². The van der Waals surface area contributed by atoms with Gasteiger partial charge in [0, 0.05) is 31.0 Å². The summed E-state index contributed by atoms with van der Waals surface area (Å²) in [7, 11) is 3.90. The molecule has 0 aliphatic carbocycles. The van der Waals surface area contributed by atoms with E-state index in [4.69, 9.17) is 5.73 Å². The second-order valence-electron chi connectivity index (χ2n) is 5.31. The Hall–Kier alpha value is -2.49. The standard InChI is InChI=1S/C17H21N3O/c1-12(13-7-9-15(18)10-8-13)19-17(21)14-5-4-6-16(11-14)20(2)3/h4-12H,18H2,1-3H3,(H,19,21). The Bertz CT molecular complexity index is 620. The number of carbonyl (C=O) groups is 1. The van der Waals surface area contributed by atoms with Crippen LogP contribution in [0, 0.1) is 0 Å². The second kappa shape index (κ2) is 6.31. The fraction of sp³-hybridized carbons (Fsp3) is 0.235. The van der Waals surface area contributed by atoms with Crippen LogP contribution in [-0.4, -0.2) is 20.0 Å². The highest BCUT2D eigenvalue weighted by atomic mass is 16.1. The maximum Gasteiger partial charge on any atom is 0.251 e. The molecule has 0 aromatic heterocycles. The molecule has 4 nitrogen and oxygen atoms in total. The second-order valence-corrected chi connectivity index (χ2v) is 5.31. The summed E-state index contributed by atoms with van der Waals surface area (Å²) in [5, 5.41) is 3.00. The zero-order chi connectivity index (χ0) is 15.4. The Labute approximate surface area is 125 Å². The maximum atomic E-state index is 12.3. The van der Waals surface area contributed by atoms with Crippen molar-refractivity contribution in [2.75, 3.05) is 24.7 Å². The molecule has 2 rings (SSSR count). The molecule has 0 spiro atoms. The predicted molar refractivity (Wildman–Crippen MR) is 87.5 cm³/mol. The number of benzene rings is 2. The van der Waals surface area contributed by atoms with E-state index in [0.29, 0.717) is 5.56 Å². The first-order valence-corrected chi connectivity index (χ1v) is 6.91. The number of nitrogens with one attached hydrogen (secondary N) is 1. The summed E-state index contributed by atoms with van der Waals surface area (Å²) in [5.74, 6) is -0.0805. The minimum Gasteiger partial charge on any atom is -0.399 e. The van der Waals surface area contributed by atoms with Gasteiger partial charge in [0.15, 0.2) is 0 Å². The fourth-order valence-electron chi connectivity index (χ4n) is 2.07. The highest BCUT2D eigenvalue weighted by molar-refractivity contribution is 5.95. The average molecular weight is 283 g/mol. The molecule has 2 aromatic rings. The van der Waals surface area contributed by atoms with Gasteiger partial charge in [-0.15, -0.1) is 0 Å². The number of nitrogens with two attached hydrogens (primary N) is 1. The number of anilines is 2. The molecule has 0 heterocycles. The first-order chi connectivity index (χ1) is 9.97. The van der Waals surface area contributed by atoms with E-state index < -0.39 is 0 Å². The van der Waals surface area contributed by atoms with Crippen molar-refractivity contribution in [2.45, 2.75) is 13.0 Å². The lowest BCUT2D eigenvalue weighted by molar-refractivity contribution is 0.0940. The Balaban J connectivity index is 2.10. The zero-order valence-electron chi connectivity index (χ0n) is 12.6. The number of amides is 1. The Morgan fingerprint density at radius 1 is 1.14 bits per heavy atom. The quantitative estimate of drug-likeness (QED) is 0.848. The number of nitrogen functional groups attached to an aromatic ring is 1. The Morgan fingerprint density at radius 2 is 1.81 bits per heavy atom. The molecule has 0 aliphatic heterocycles. The highest BCUT2D eigenvalue weighted by Crippen LogP contribution is 2.17. The lowest BCUT2D eigenvalue weighted by atomic mass is 10.1. The molecule has 0 radical (unpaired) electrons. The largest absolute Gasteiger partial charge is 0.399 e. The molecule has 1 amide bonds. The van der Waals surface area contributed by atoms with Crippen LogP contribution in [0.3, 0.4) is 0 Å². The molecule has 2 aromatic carbocycles. The van der Waals surface area contributed by atoms with Crippen molar-refractivity contribution in [2.24, 2.45) is 0 Å². The third-order valence-electron chi connectivity index (χ3n) is 3.41. The lowest BCUT2D eigenvalue weighted by Gasteiger charge is -2.16. The molecular formula is C17H21N3O. The van der Waals surface area contributed by atoms with E-state index in [-0.39, 0.29) is 11.9 Å². The number of nitrogens with zero attached hydrogens (tertiary/aromatic N) is 1. The molecule has 3 N–H and O–H groups in total. The summed E-state index contributed by atoms with van der Waals surface area (Å²) in [6.07, 6.45) is 0. The summed E-state index contributed by atoms with van der Waals surface area (Å²) in [5.41, 5.74) is 9.08. The Kier molecular flexibility index (Phi) is 4.48. The minimum atomic E-state index is -0.0805. The molecule has 1 unspecified atom stereocenters. The molecule has 0 bridgehead atoms. The van der Waals surface area contributed by atoms with Crippen LogP contribution in [-0.2, 0) is 0 Å². The summed E-state index contributed by atoms with van der Waals surface area (Å²) >= 11 is 0. The molecule has 0 saturated heterocycles. The number of hydrogen-bond donors (Lipinski definition) is 2. The van der Waals surface area contributed by atoms with Crippen molar-refractivity contribution >= 4 is 17.3 Å². The first kappa shape index (κ1) is 14.9. The third kappa shape index (κ3) is 3.75. The summed E-state index contributed by atoms with van der Waals surface area (Å²) in [6, 6.07) is 15.0. The molecule has 4 heteroatoms. The highest BCUT2D eigenvalue weighted by Gasteiger charge is 2.12. The van der Waals surface area contributed by atoms with Crippen molar-refractivity contribution in [1.29, 1.82) is 0 Å². The number of rotatable bonds is 4. The fourth-order valence-corrected chi connectivity index (χ4v) is 2.07. The Morgan fingerprint density at radius 3 is 2.43 bits per heavy atom. The zero-order valence-corrected chi connectivity index (χ0v) is 12.6. The van der Waals surface area contributed by atoms with E-state index in [1.807, 2.05) is 74.4 Å². The van der Waals surface area contributed by atoms with Crippen LogP contribution in [0.1, 0.15) is 28.9 Å². The topological polar surface area (TPSA) is 58.4 Å². The molecule has 21 heavy (non-hydrogen) atoms. The summed E-state index contributed by atoms with van der Waals surface area (Å²) in [4.78, 5) is 14.3. The number of hydrogen-bond acceptors (Lipinski definition) is 3. The molecule has 0 fully saturated rings. The third-order valence-corrected chi connectivity index (χ3v) is 3.41. The monoisotopic (exact) mass is 283 g/mol. The van der Waals surface area contributed by atoms with Crippen molar-refractivity contribution in [1.82, 2.24) is 5.32 Å². The molecular weight excluding hydrogens is 262 g/mol. The molecule has 0 saturated carbocycles. The van der Waals surface area contributed by atoms with E-state index in [1.54, 1.807) is 0 Å². The SMILES string of the molecule is CC(NC(=O)c1cccc(N(C)C)c1)c1ccc(N)cc1. The van der Waals surface area contributed by atoms with Crippen LogP contribution in [0.15, 0.2) is 48.5 Å². The van der Waals surface area contributed by atoms with Crippen molar-refractivity contribution in [3.8, 4) is 0 Å². The minimum absolute atomic E-state index is 0.0684. The normalized spacial score (nSPS) is 11.8. The lowest BCUT2D eigenvalue weighted by Crippen LogP contribution is -2.26. The van der Waals surface area contributed by atoms with E-state index in [2.05, 4.69) is 5.32 Å². The van der Waals surface area contributed by atoms with E-state index >= 15 is 0 Å². The van der Waals surface area contributed by atoms with E-state index in [1.165, 1.54) is 0 Å². The van der Waals surface area contributed by atoms with Gasteiger partial charge in [-0.3, -0.25) is 4.79 Å². The van der Waals surface area contributed by atoms with Gasteiger partial charge in [-0.25, -0.2) is 0 Å². The van der Waals surface area contributed by atoms with Crippen LogP contribution >= 0.6 is 0 Å². The smallest absolute Gasteiger partial charge is 0.251 e. The molecule has 1 atom stereocenters. The molecule has 0 aliphatic rings. The van der Waals surface area contributed by atoms with Crippen molar-refractivity contribution in [3.05, 3.63) is 59.7 Å². The van der Waals surface area contributed by atoms with Crippen LogP contribution in [0.25, 0.3) is 0 Å². The first-order valence-electron chi connectivity index (χ1n) is 6.91. The van der Waals surface area contributed by atoms with Crippen LogP contribution in [0.5, 0.6) is 0 Å². The summed E-state index contributed by atoms with van der Waals surface area (Å²) < 4.78 is 0. The van der Waals surface area contributed by atoms with Gasteiger partial charge in [-0.2, -0.15) is 0 Å². The number of carbonyl (C=O) groups excluding carboxylic acids is 1. The van der Waals surface area contributed by atoms with Crippen molar-refractivity contribution < 1.29 is 4.79 Å². The van der Waals surface area contributed by atoms with Gasteiger partial charge < -0.3 is 16.0 Å².